The normalized spacial score (nSPS) is 35.4. The van der Waals surface area contributed by atoms with Gasteiger partial charge in [0.1, 0.15) is 0 Å². The number of benzene rings is 1. The highest BCUT2D eigenvalue weighted by molar-refractivity contribution is 5.14. The summed E-state index contributed by atoms with van der Waals surface area (Å²) in [7, 11) is 0. The van der Waals surface area contributed by atoms with Crippen molar-refractivity contribution in [3.8, 4) is 0 Å². The van der Waals surface area contributed by atoms with E-state index in [9.17, 15) is 0 Å². The predicted octanol–water partition coefficient (Wildman–Crippen LogP) is 2.11. The summed E-state index contributed by atoms with van der Waals surface area (Å²) in [5.41, 5.74) is 1.45. The molecule has 2 fully saturated rings. The van der Waals surface area contributed by atoms with Gasteiger partial charge in [0, 0.05) is 12.1 Å². The third-order valence-electron chi connectivity index (χ3n) is 3.97. The van der Waals surface area contributed by atoms with Crippen LogP contribution in [0.25, 0.3) is 0 Å². The third-order valence-corrected chi connectivity index (χ3v) is 3.97. The van der Waals surface area contributed by atoms with Gasteiger partial charge in [-0.2, -0.15) is 0 Å². The Kier molecular flexibility index (Phi) is 3.37. The van der Waals surface area contributed by atoms with Gasteiger partial charge in [-0.1, -0.05) is 30.3 Å². The lowest BCUT2D eigenvalue weighted by atomic mass is 9.74. The molecule has 1 N–H and O–H groups in total. The van der Waals surface area contributed by atoms with E-state index in [2.05, 4.69) is 36.5 Å². The third kappa shape index (κ3) is 2.58. The molecule has 2 aliphatic rings. The molecule has 1 saturated carbocycles. The van der Waals surface area contributed by atoms with Crippen LogP contribution in [0.2, 0.25) is 0 Å². The highest BCUT2D eigenvalue weighted by atomic mass is 16.5. The number of hydrogen-bond acceptors (Lipinski definition) is 3. The average Bonchev–Trinajstić information content (AvgIpc) is 2.37. The zero-order valence-corrected chi connectivity index (χ0v) is 10.9. The van der Waals surface area contributed by atoms with Gasteiger partial charge < -0.3 is 14.8 Å². The molecule has 1 aromatic carbocycles. The van der Waals surface area contributed by atoms with Crippen molar-refractivity contribution in [3.05, 3.63) is 35.9 Å². The summed E-state index contributed by atoms with van der Waals surface area (Å²) in [5.74, 6) is 0. The average molecular weight is 247 g/mol. The molecule has 1 aromatic rings. The molecule has 3 rings (SSSR count). The van der Waals surface area contributed by atoms with Crippen LogP contribution in [0.1, 0.15) is 25.3 Å². The van der Waals surface area contributed by atoms with Gasteiger partial charge in [0.05, 0.1) is 25.4 Å². The van der Waals surface area contributed by atoms with E-state index in [1.54, 1.807) is 0 Å². The second-order valence-electron chi connectivity index (χ2n) is 5.61. The molecule has 1 saturated heterocycles. The minimum absolute atomic E-state index is 0.202. The van der Waals surface area contributed by atoms with Gasteiger partial charge in [-0.05, 0) is 25.3 Å². The van der Waals surface area contributed by atoms with Gasteiger partial charge in [0.2, 0.25) is 0 Å². The number of morpholine rings is 1. The van der Waals surface area contributed by atoms with E-state index in [0.29, 0.717) is 12.2 Å². The summed E-state index contributed by atoms with van der Waals surface area (Å²) in [6.07, 6.45) is 2.88. The van der Waals surface area contributed by atoms with Crippen molar-refractivity contribution in [2.24, 2.45) is 0 Å². The van der Waals surface area contributed by atoms with Gasteiger partial charge in [-0.15, -0.1) is 0 Å². The van der Waals surface area contributed by atoms with Crippen molar-refractivity contribution in [3.63, 3.8) is 0 Å². The highest BCUT2D eigenvalue weighted by Gasteiger charge is 2.46. The molecular weight excluding hydrogens is 226 g/mol. The Morgan fingerprint density at radius 3 is 2.78 bits per heavy atom. The minimum Gasteiger partial charge on any atom is -0.375 e. The fourth-order valence-electron chi connectivity index (χ4n) is 2.75. The monoisotopic (exact) mass is 247 g/mol. The SMILES string of the molecule is CC1CN[C@]2(CO1)C[C@H](OCc1ccccc1)C2. The van der Waals surface area contributed by atoms with E-state index in [4.69, 9.17) is 9.47 Å². The van der Waals surface area contributed by atoms with Crippen LogP contribution < -0.4 is 5.32 Å². The lowest BCUT2D eigenvalue weighted by Crippen LogP contribution is -2.65. The van der Waals surface area contributed by atoms with Crippen LogP contribution in [0.15, 0.2) is 30.3 Å². The van der Waals surface area contributed by atoms with E-state index >= 15 is 0 Å². The van der Waals surface area contributed by atoms with E-state index in [0.717, 1.165) is 32.6 Å². The molecule has 1 aliphatic carbocycles. The van der Waals surface area contributed by atoms with Crippen LogP contribution in [0.5, 0.6) is 0 Å². The van der Waals surface area contributed by atoms with Crippen LogP contribution in [0.3, 0.4) is 0 Å². The summed E-state index contributed by atoms with van der Waals surface area (Å²) in [6.45, 7) is 4.63. The molecule has 0 radical (unpaired) electrons. The maximum atomic E-state index is 5.92. The Morgan fingerprint density at radius 2 is 2.11 bits per heavy atom. The molecule has 1 spiro atoms. The summed E-state index contributed by atoms with van der Waals surface area (Å²) in [4.78, 5) is 0. The molecule has 18 heavy (non-hydrogen) atoms. The lowest BCUT2D eigenvalue weighted by Gasteiger charge is -2.51. The van der Waals surface area contributed by atoms with Crippen molar-refractivity contribution in [2.45, 2.75) is 44.1 Å². The van der Waals surface area contributed by atoms with E-state index < -0.39 is 0 Å². The van der Waals surface area contributed by atoms with Gasteiger partial charge in [-0.3, -0.25) is 0 Å². The van der Waals surface area contributed by atoms with Crippen LogP contribution in [0, 0.1) is 0 Å². The quantitative estimate of drug-likeness (QED) is 0.887. The van der Waals surface area contributed by atoms with E-state index in [-0.39, 0.29) is 5.54 Å². The van der Waals surface area contributed by atoms with Crippen LogP contribution in [-0.4, -0.2) is 30.9 Å². The van der Waals surface area contributed by atoms with Crippen molar-refractivity contribution in [1.82, 2.24) is 5.32 Å². The smallest absolute Gasteiger partial charge is 0.0720 e. The molecular formula is C15H21NO2. The fourth-order valence-corrected chi connectivity index (χ4v) is 2.75. The first-order valence-corrected chi connectivity index (χ1v) is 6.78. The highest BCUT2D eigenvalue weighted by Crippen LogP contribution is 2.37. The molecule has 3 heteroatoms. The number of ether oxygens (including phenoxy) is 2. The standard InChI is InChI=1S/C15H21NO2/c1-12-9-16-15(11-18-12)7-14(8-15)17-10-13-5-3-2-4-6-13/h2-6,12,14,16H,7-11H2,1H3/t12?,14-,15+. The van der Waals surface area contributed by atoms with Crippen molar-refractivity contribution >= 4 is 0 Å². The molecule has 0 bridgehead atoms. The minimum atomic E-state index is 0.202. The molecule has 1 aliphatic heterocycles. The molecule has 3 nitrogen and oxygen atoms in total. The van der Waals surface area contributed by atoms with Gasteiger partial charge >= 0.3 is 0 Å². The Morgan fingerprint density at radius 1 is 1.33 bits per heavy atom. The maximum absolute atomic E-state index is 5.92. The summed E-state index contributed by atoms with van der Waals surface area (Å²) < 4.78 is 11.7. The van der Waals surface area contributed by atoms with Crippen molar-refractivity contribution in [1.29, 1.82) is 0 Å². The zero-order chi connectivity index (χ0) is 12.4. The largest absolute Gasteiger partial charge is 0.375 e. The molecule has 98 valence electrons. The first-order chi connectivity index (χ1) is 8.76. The molecule has 0 amide bonds. The maximum Gasteiger partial charge on any atom is 0.0720 e. The Labute approximate surface area is 108 Å². The van der Waals surface area contributed by atoms with Crippen molar-refractivity contribution < 1.29 is 9.47 Å². The molecule has 1 heterocycles. The van der Waals surface area contributed by atoms with Gasteiger partial charge in [0.15, 0.2) is 0 Å². The van der Waals surface area contributed by atoms with Gasteiger partial charge in [0.25, 0.3) is 0 Å². The predicted molar refractivity (Wildman–Crippen MR) is 70.4 cm³/mol. The van der Waals surface area contributed by atoms with Crippen molar-refractivity contribution in [2.75, 3.05) is 13.2 Å². The summed E-state index contributed by atoms with van der Waals surface area (Å²) in [6, 6.07) is 10.4. The number of hydrogen-bond donors (Lipinski definition) is 1. The van der Waals surface area contributed by atoms with Gasteiger partial charge in [-0.25, -0.2) is 0 Å². The summed E-state index contributed by atoms with van der Waals surface area (Å²) in [5, 5.41) is 3.60. The van der Waals surface area contributed by atoms with Crippen LogP contribution in [-0.2, 0) is 16.1 Å². The Bertz CT molecular complexity index is 377. The molecule has 1 atom stereocenters. The second-order valence-corrected chi connectivity index (χ2v) is 5.61. The first kappa shape index (κ1) is 12.2. The number of rotatable bonds is 3. The fraction of sp³-hybridized carbons (Fsp3) is 0.600. The lowest BCUT2D eigenvalue weighted by molar-refractivity contribution is -0.123. The second kappa shape index (κ2) is 5.00. The van der Waals surface area contributed by atoms with E-state index in [1.165, 1.54) is 5.56 Å². The zero-order valence-electron chi connectivity index (χ0n) is 10.9. The first-order valence-electron chi connectivity index (χ1n) is 6.78. The van der Waals surface area contributed by atoms with Crippen LogP contribution >= 0.6 is 0 Å². The van der Waals surface area contributed by atoms with Crippen LogP contribution in [0.4, 0.5) is 0 Å². The molecule has 0 aromatic heterocycles. The Hall–Kier alpha value is -0.900. The number of nitrogens with one attached hydrogen (secondary N) is 1. The Balaban J connectivity index is 1.43. The molecule has 1 unspecified atom stereocenters. The summed E-state index contributed by atoms with van der Waals surface area (Å²) >= 11 is 0. The van der Waals surface area contributed by atoms with E-state index in [1.807, 2.05) is 6.07 Å². The topological polar surface area (TPSA) is 30.5 Å².